The molecule has 2 aromatic rings. The van der Waals surface area contributed by atoms with Crippen LogP contribution in [0.1, 0.15) is 5.56 Å². The predicted octanol–water partition coefficient (Wildman–Crippen LogP) is 4.10. The van der Waals surface area contributed by atoms with Crippen LogP contribution in [0.3, 0.4) is 0 Å². The molecule has 0 atom stereocenters. The molecular weight excluding hydrogens is 300 g/mol. The van der Waals surface area contributed by atoms with Gasteiger partial charge in [0.2, 0.25) is 5.91 Å². The lowest BCUT2D eigenvalue weighted by molar-refractivity contribution is -0.115. The standard InChI is InChI=1S/C15H10ClF2NO2/c16-10-2-1-3-12(21-15(17)18)14(10)8-4-5-11-9(6-8)7-13(20)19-11/h1-6,15H,7H2,(H,19,20). The van der Waals surface area contributed by atoms with Crippen molar-refractivity contribution in [2.75, 3.05) is 5.32 Å². The van der Waals surface area contributed by atoms with Gasteiger partial charge in [0.1, 0.15) is 5.75 Å². The smallest absolute Gasteiger partial charge is 0.387 e. The van der Waals surface area contributed by atoms with E-state index in [1.54, 1.807) is 30.3 Å². The van der Waals surface area contributed by atoms with Crippen molar-refractivity contribution in [3.8, 4) is 16.9 Å². The first-order valence-corrected chi connectivity index (χ1v) is 6.59. The number of carbonyl (C=O) groups excluding carboxylic acids is 1. The fourth-order valence-corrected chi connectivity index (χ4v) is 2.64. The van der Waals surface area contributed by atoms with Crippen LogP contribution in [0.2, 0.25) is 5.02 Å². The van der Waals surface area contributed by atoms with Crippen molar-refractivity contribution in [2.45, 2.75) is 13.0 Å². The molecule has 3 nitrogen and oxygen atoms in total. The van der Waals surface area contributed by atoms with Crippen molar-refractivity contribution in [1.82, 2.24) is 0 Å². The Morgan fingerprint density at radius 2 is 2.05 bits per heavy atom. The van der Waals surface area contributed by atoms with Gasteiger partial charge in [0.25, 0.3) is 0 Å². The molecule has 0 unspecified atom stereocenters. The highest BCUT2D eigenvalue weighted by Crippen LogP contribution is 2.39. The highest BCUT2D eigenvalue weighted by Gasteiger charge is 2.20. The summed E-state index contributed by atoms with van der Waals surface area (Å²) in [6.45, 7) is -2.93. The van der Waals surface area contributed by atoms with Crippen molar-refractivity contribution < 1.29 is 18.3 Å². The molecule has 0 aromatic heterocycles. The van der Waals surface area contributed by atoms with Crippen LogP contribution in [0.15, 0.2) is 36.4 Å². The summed E-state index contributed by atoms with van der Waals surface area (Å²) in [5.41, 5.74) is 2.56. The molecule has 21 heavy (non-hydrogen) atoms. The third-order valence-corrected chi connectivity index (χ3v) is 3.53. The van der Waals surface area contributed by atoms with Crippen molar-refractivity contribution in [1.29, 1.82) is 0 Å². The van der Waals surface area contributed by atoms with Crippen molar-refractivity contribution in [2.24, 2.45) is 0 Å². The number of rotatable bonds is 3. The molecule has 1 aliphatic rings. The average Bonchev–Trinajstić information content (AvgIpc) is 2.77. The molecule has 1 heterocycles. The van der Waals surface area contributed by atoms with Crippen LogP contribution in [0, 0.1) is 0 Å². The number of carbonyl (C=O) groups is 1. The molecule has 1 aliphatic heterocycles. The van der Waals surface area contributed by atoms with Crippen LogP contribution in [0.25, 0.3) is 11.1 Å². The van der Waals surface area contributed by atoms with E-state index in [1.807, 2.05) is 0 Å². The number of amides is 1. The molecule has 1 amide bonds. The summed E-state index contributed by atoms with van der Waals surface area (Å²) >= 11 is 6.12. The molecule has 108 valence electrons. The van der Waals surface area contributed by atoms with E-state index < -0.39 is 6.61 Å². The van der Waals surface area contributed by atoms with Gasteiger partial charge in [-0.2, -0.15) is 8.78 Å². The Bertz CT molecular complexity index is 719. The van der Waals surface area contributed by atoms with Gasteiger partial charge in [-0.1, -0.05) is 23.7 Å². The number of halogens is 3. The van der Waals surface area contributed by atoms with Gasteiger partial charge >= 0.3 is 6.61 Å². The number of alkyl halides is 2. The van der Waals surface area contributed by atoms with Crippen LogP contribution < -0.4 is 10.1 Å². The van der Waals surface area contributed by atoms with Crippen LogP contribution in [-0.4, -0.2) is 12.5 Å². The fraction of sp³-hybridized carbons (Fsp3) is 0.133. The summed E-state index contributed by atoms with van der Waals surface area (Å²) in [6.07, 6.45) is 0.263. The minimum absolute atomic E-state index is 0.00901. The summed E-state index contributed by atoms with van der Waals surface area (Å²) in [5, 5.41) is 3.02. The van der Waals surface area contributed by atoms with Gasteiger partial charge in [0.15, 0.2) is 0 Å². The zero-order valence-corrected chi connectivity index (χ0v) is 11.5. The lowest BCUT2D eigenvalue weighted by atomic mass is 10.0. The van der Waals surface area contributed by atoms with Gasteiger partial charge in [0.05, 0.1) is 11.4 Å². The highest BCUT2D eigenvalue weighted by atomic mass is 35.5. The number of nitrogens with one attached hydrogen (secondary N) is 1. The third kappa shape index (κ3) is 2.69. The summed E-state index contributed by atoms with van der Waals surface area (Å²) in [7, 11) is 0. The van der Waals surface area contributed by atoms with Crippen molar-refractivity contribution in [3.63, 3.8) is 0 Å². The van der Waals surface area contributed by atoms with E-state index in [-0.39, 0.29) is 18.1 Å². The van der Waals surface area contributed by atoms with Gasteiger partial charge in [-0.3, -0.25) is 4.79 Å². The second kappa shape index (κ2) is 5.33. The largest absolute Gasteiger partial charge is 0.434 e. The molecule has 0 bridgehead atoms. The quantitative estimate of drug-likeness (QED) is 0.927. The molecule has 0 spiro atoms. The molecule has 0 radical (unpaired) electrons. The monoisotopic (exact) mass is 309 g/mol. The number of anilines is 1. The molecule has 0 fully saturated rings. The zero-order valence-electron chi connectivity index (χ0n) is 10.7. The van der Waals surface area contributed by atoms with E-state index in [1.165, 1.54) is 6.07 Å². The van der Waals surface area contributed by atoms with Gasteiger partial charge < -0.3 is 10.1 Å². The Morgan fingerprint density at radius 1 is 1.24 bits per heavy atom. The fourth-order valence-electron chi connectivity index (χ4n) is 2.36. The second-order valence-electron chi connectivity index (χ2n) is 4.59. The summed E-state index contributed by atoms with van der Waals surface area (Å²) in [4.78, 5) is 11.4. The second-order valence-corrected chi connectivity index (χ2v) is 5.00. The number of ether oxygens (including phenoxy) is 1. The van der Waals surface area contributed by atoms with Crippen molar-refractivity contribution >= 4 is 23.2 Å². The molecule has 6 heteroatoms. The maximum Gasteiger partial charge on any atom is 0.387 e. The Morgan fingerprint density at radius 3 is 2.81 bits per heavy atom. The minimum Gasteiger partial charge on any atom is -0.434 e. The zero-order chi connectivity index (χ0) is 15.0. The highest BCUT2D eigenvalue weighted by molar-refractivity contribution is 6.33. The molecule has 2 aromatic carbocycles. The predicted molar refractivity (Wildman–Crippen MR) is 75.9 cm³/mol. The van der Waals surface area contributed by atoms with E-state index in [0.29, 0.717) is 16.1 Å². The Balaban J connectivity index is 2.08. The van der Waals surface area contributed by atoms with Gasteiger partial charge in [-0.05, 0) is 35.4 Å². The number of hydrogen-bond donors (Lipinski definition) is 1. The first-order chi connectivity index (χ1) is 10.0. The molecule has 0 saturated carbocycles. The van der Waals surface area contributed by atoms with E-state index in [0.717, 1.165) is 11.3 Å². The van der Waals surface area contributed by atoms with Gasteiger partial charge in [-0.25, -0.2) is 0 Å². The molecule has 0 saturated heterocycles. The van der Waals surface area contributed by atoms with Gasteiger partial charge in [0, 0.05) is 11.3 Å². The summed E-state index contributed by atoms with van der Waals surface area (Å²) in [5.74, 6) is -0.0832. The molecular formula is C15H10ClF2NO2. The van der Waals surface area contributed by atoms with E-state index in [2.05, 4.69) is 10.1 Å². The first kappa shape index (κ1) is 13.8. The Hall–Kier alpha value is -2.14. The summed E-state index contributed by atoms with van der Waals surface area (Å²) in [6, 6.07) is 9.78. The van der Waals surface area contributed by atoms with E-state index in [9.17, 15) is 13.6 Å². The van der Waals surface area contributed by atoms with Crippen LogP contribution in [0.5, 0.6) is 5.75 Å². The minimum atomic E-state index is -2.93. The first-order valence-electron chi connectivity index (χ1n) is 6.21. The number of hydrogen-bond acceptors (Lipinski definition) is 2. The number of benzene rings is 2. The van der Waals surface area contributed by atoms with Crippen LogP contribution in [0.4, 0.5) is 14.5 Å². The SMILES string of the molecule is O=C1Cc2cc(-c3c(Cl)cccc3OC(F)F)ccc2N1. The lowest BCUT2D eigenvalue weighted by Gasteiger charge is -2.13. The van der Waals surface area contributed by atoms with E-state index in [4.69, 9.17) is 11.6 Å². The van der Waals surface area contributed by atoms with Crippen molar-refractivity contribution in [3.05, 3.63) is 47.0 Å². The Labute approximate surface area is 124 Å². The average molecular weight is 310 g/mol. The number of fused-ring (bicyclic) bond motifs is 1. The van der Waals surface area contributed by atoms with Crippen LogP contribution >= 0.6 is 11.6 Å². The topological polar surface area (TPSA) is 38.3 Å². The maximum atomic E-state index is 12.5. The lowest BCUT2D eigenvalue weighted by Crippen LogP contribution is -2.03. The molecule has 1 N–H and O–H groups in total. The van der Waals surface area contributed by atoms with E-state index >= 15 is 0 Å². The molecule has 0 aliphatic carbocycles. The summed E-state index contributed by atoms with van der Waals surface area (Å²) < 4.78 is 29.5. The molecule has 3 rings (SSSR count). The maximum absolute atomic E-state index is 12.5. The van der Waals surface area contributed by atoms with Crippen LogP contribution in [-0.2, 0) is 11.2 Å². The third-order valence-electron chi connectivity index (χ3n) is 3.21. The normalized spacial score (nSPS) is 13.2. The van der Waals surface area contributed by atoms with Gasteiger partial charge in [-0.15, -0.1) is 0 Å². The Kier molecular flexibility index (Phi) is 3.51.